The second-order valence-electron chi connectivity index (χ2n) is 3.49. The van der Waals surface area contributed by atoms with Crippen LogP contribution in [0, 0.1) is 6.92 Å². The highest BCUT2D eigenvalue weighted by atomic mass is 35.5. The molecule has 0 amide bonds. The zero-order valence-corrected chi connectivity index (χ0v) is 10.3. The van der Waals surface area contributed by atoms with Gasteiger partial charge in [0, 0.05) is 0 Å². The van der Waals surface area contributed by atoms with Gasteiger partial charge in [0.2, 0.25) is 0 Å². The molecule has 0 aliphatic carbocycles. The third-order valence-electron chi connectivity index (χ3n) is 2.29. The quantitative estimate of drug-likeness (QED) is 0.874. The highest BCUT2D eigenvalue weighted by molar-refractivity contribution is 6.33. The molecule has 0 spiro atoms. The summed E-state index contributed by atoms with van der Waals surface area (Å²) >= 11 is 11.8. The van der Waals surface area contributed by atoms with Crippen LogP contribution in [-0.2, 0) is 6.54 Å². The van der Waals surface area contributed by atoms with Crippen molar-refractivity contribution in [2.45, 2.75) is 13.5 Å². The first-order chi connectivity index (χ1) is 7.66. The van der Waals surface area contributed by atoms with Crippen LogP contribution in [0.1, 0.15) is 11.3 Å². The molecule has 1 aromatic heterocycles. The third-order valence-corrected chi connectivity index (χ3v) is 2.81. The monoisotopic (exact) mass is 255 g/mol. The molecule has 1 N–H and O–H groups in total. The Kier molecular flexibility index (Phi) is 3.42. The Labute approximate surface area is 104 Å². The van der Waals surface area contributed by atoms with Crippen LogP contribution in [0.15, 0.2) is 34.7 Å². The summed E-state index contributed by atoms with van der Waals surface area (Å²) in [6, 6.07) is 9.33. The van der Waals surface area contributed by atoms with Gasteiger partial charge in [-0.3, -0.25) is 0 Å². The van der Waals surface area contributed by atoms with E-state index in [0.717, 1.165) is 17.0 Å². The van der Waals surface area contributed by atoms with E-state index in [1.807, 2.05) is 31.2 Å². The standard InChI is InChI=1S/C12H11Cl2NO/c1-8-3-2-4-10(13)12(8)15-7-9-5-6-11(14)16-9/h2-6,15H,7H2,1H3. The lowest BCUT2D eigenvalue weighted by Gasteiger charge is -2.09. The summed E-state index contributed by atoms with van der Waals surface area (Å²) in [6.07, 6.45) is 0. The third kappa shape index (κ3) is 2.52. The molecule has 2 aromatic rings. The molecular weight excluding hydrogens is 245 g/mol. The summed E-state index contributed by atoms with van der Waals surface area (Å²) in [4.78, 5) is 0. The average Bonchev–Trinajstić information content (AvgIpc) is 2.63. The first-order valence-electron chi connectivity index (χ1n) is 4.90. The molecule has 0 bridgehead atoms. The van der Waals surface area contributed by atoms with Crippen molar-refractivity contribution in [2.24, 2.45) is 0 Å². The van der Waals surface area contributed by atoms with Crippen LogP contribution in [0.4, 0.5) is 5.69 Å². The minimum Gasteiger partial charge on any atom is -0.448 e. The Balaban J connectivity index is 2.10. The minimum atomic E-state index is 0.396. The molecule has 4 heteroatoms. The van der Waals surface area contributed by atoms with Gasteiger partial charge in [-0.15, -0.1) is 0 Å². The fourth-order valence-electron chi connectivity index (χ4n) is 1.48. The van der Waals surface area contributed by atoms with Gasteiger partial charge >= 0.3 is 0 Å². The number of rotatable bonds is 3. The van der Waals surface area contributed by atoms with Gasteiger partial charge in [0.1, 0.15) is 5.76 Å². The number of hydrogen-bond acceptors (Lipinski definition) is 2. The smallest absolute Gasteiger partial charge is 0.193 e. The molecule has 84 valence electrons. The van der Waals surface area contributed by atoms with E-state index in [4.69, 9.17) is 27.6 Å². The normalized spacial score (nSPS) is 10.4. The molecule has 0 unspecified atom stereocenters. The van der Waals surface area contributed by atoms with Crippen molar-refractivity contribution >= 4 is 28.9 Å². The number of benzene rings is 1. The van der Waals surface area contributed by atoms with Gasteiger partial charge in [0.25, 0.3) is 0 Å². The van der Waals surface area contributed by atoms with Crippen molar-refractivity contribution in [2.75, 3.05) is 5.32 Å². The molecule has 0 radical (unpaired) electrons. The highest BCUT2D eigenvalue weighted by Crippen LogP contribution is 2.26. The number of aryl methyl sites for hydroxylation is 1. The van der Waals surface area contributed by atoms with Crippen molar-refractivity contribution < 1.29 is 4.42 Å². The van der Waals surface area contributed by atoms with Gasteiger partial charge in [-0.05, 0) is 42.3 Å². The Morgan fingerprint density at radius 1 is 1.19 bits per heavy atom. The van der Waals surface area contributed by atoms with Gasteiger partial charge in [-0.25, -0.2) is 0 Å². The lowest BCUT2D eigenvalue weighted by Crippen LogP contribution is -2.00. The molecule has 2 nitrogen and oxygen atoms in total. The number of halogens is 2. The van der Waals surface area contributed by atoms with Crippen molar-refractivity contribution in [3.05, 3.63) is 51.9 Å². The fourth-order valence-corrected chi connectivity index (χ4v) is 1.93. The molecule has 0 saturated carbocycles. The van der Waals surface area contributed by atoms with E-state index in [9.17, 15) is 0 Å². The topological polar surface area (TPSA) is 25.2 Å². The summed E-state index contributed by atoms with van der Waals surface area (Å²) in [5.74, 6) is 0.782. The van der Waals surface area contributed by atoms with Gasteiger partial charge in [-0.2, -0.15) is 0 Å². The number of anilines is 1. The number of hydrogen-bond donors (Lipinski definition) is 1. The van der Waals surface area contributed by atoms with Crippen LogP contribution in [0.3, 0.4) is 0 Å². The van der Waals surface area contributed by atoms with Gasteiger partial charge in [0.05, 0.1) is 17.3 Å². The van der Waals surface area contributed by atoms with Crippen molar-refractivity contribution in [1.29, 1.82) is 0 Å². The average molecular weight is 256 g/mol. The van der Waals surface area contributed by atoms with Crippen molar-refractivity contribution in [3.63, 3.8) is 0 Å². The van der Waals surface area contributed by atoms with E-state index < -0.39 is 0 Å². The Morgan fingerprint density at radius 3 is 2.62 bits per heavy atom. The lowest BCUT2D eigenvalue weighted by atomic mass is 10.2. The summed E-state index contributed by atoms with van der Waals surface area (Å²) in [6.45, 7) is 2.57. The van der Waals surface area contributed by atoms with Gasteiger partial charge < -0.3 is 9.73 Å². The molecule has 0 aliphatic heterocycles. The Morgan fingerprint density at radius 2 is 2.00 bits per heavy atom. The molecule has 16 heavy (non-hydrogen) atoms. The van der Waals surface area contributed by atoms with E-state index in [-0.39, 0.29) is 0 Å². The van der Waals surface area contributed by atoms with Crippen molar-refractivity contribution in [3.8, 4) is 0 Å². The van der Waals surface area contributed by atoms with E-state index in [0.29, 0.717) is 16.8 Å². The highest BCUT2D eigenvalue weighted by Gasteiger charge is 2.04. The summed E-state index contributed by atoms with van der Waals surface area (Å²) < 4.78 is 5.24. The second-order valence-corrected chi connectivity index (χ2v) is 4.27. The maximum absolute atomic E-state index is 6.08. The number of para-hydroxylation sites is 1. The molecule has 1 heterocycles. The summed E-state index contributed by atoms with van der Waals surface area (Å²) in [7, 11) is 0. The van der Waals surface area contributed by atoms with E-state index >= 15 is 0 Å². The SMILES string of the molecule is Cc1cccc(Cl)c1NCc1ccc(Cl)o1. The maximum Gasteiger partial charge on any atom is 0.193 e. The fraction of sp³-hybridized carbons (Fsp3) is 0.167. The van der Waals surface area contributed by atoms with Crippen LogP contribution >= 0.6 is 23.2 Å². The zero-order chi connectivity index (χ0) is 11.5. The van der Waals surface area contributed by atoms with Crippen LogP contribution in [0.2, 0.25) is 10.2 Å². The molecule has 0 aliphatic rings. The molecule has 0 atom stereocenters. The minimum absolute atomic E-state index is 0.396. The molecule has 0 fully saturated rings. The zero-order valence-electron chi connectivity index (χ0n) is 8.76. The number of furan rings is 1. The van der Waals surface area contributed by atoms with Gasteiger partial charge in [0.15, 0.2) is 5.22 Å². The van der Waals surface area contributed by atoms with Crippen LogP contribution in [0.5, 0.6) is 0 Å². The van der Waals surface area contributed by atoms with Crippen LogP contribution in [-0.4, -0.2) is 0 Å². The van der Waals surface area contributed by atoms with Crippen LogP contribution in [0.25, 0.3) is 0 Å². The lowest BCUT2D eigenvalue weighted by molar-refractivity contribution is 0.520. The predicted molar refractivity (Wildman–Crippen MR) is 67.2 cm³/mol. The molecule has 0 saturated heterocycles. The molecule has 1 aromatic carbocycles. The maximum atomic E-state index is 6.08. The van der Waals surface area contributed by atoms with E-state index in [2.05, 4.69) is 5.32 Å². The molecular formula is C12H11Cl2NO. The Bertz CT molecular complexity index is 473. The van der Waals surface area contributed by atoms with Crippen molar-refractivity contribution in [1.82, 2.24) is 0 Å². The first-order valence-corrected chi connectivity index (χ1v) is 5.65. The van der Waals surface area contributed by atoms with E-state index in [1.54, 1.807) is 6.07 Å². The molecule has 2 rings (SSSR count). The first kappa shape index (κ1) is 11.4. The van der Waals surface area contributed by atoms with Gasteiger partial charge in [-0.1, -0.05) is 23.7 Å². The van der Waals surface area contributed by atoms with Crippen LogP contribution < -0.4 is 5.32 Å². The summed E-state index contributed by atoms with van der Waals surface area (Å²) in [5, 5.41) is 4.33. The van der Waals surface area contributed by atoms with E-state index in [1.165, 1.54) is 0 Å². The predicted octanol–water partition coefficient (Wildman–Crippen LogP) is 4.51. The summed E-state index contributed by atoms with van der Waals surface area (Å²) in [5.41, 5.74) is 2.03. The largest absolute Gasteiger partial charge is 0.448 e. The number of nitrogens with one attached hydrogen (secondary N) is 1. The Hall–Kier alpha value is -1.12. The second kappa shape index (κ2) is 4.81.